The molecule has 0 saturated carbocycles. The van der Waals surface area contributed by atoms with Crippen LogP contribution < -0.4 is 0 Å². The number of furan rings is 1. The van der Waals surface area contributed by atoms with Crippen LogP contribution >= 0.6 is 11.3 Å². The van der Waals surface area contributed by atoms with Crippen LogP contribution in [0.1, 0.15) is 23.5 Å². The largest absolute Gasteiger partial charge is 0.468 e. The number of ether oxygens (including phenoxy) is 2. The van der Waals surface area contributed by atoms with E-state index in [2.05, 4.69) is 16.3 Å². The normalized spacial score (nSPS) is 19.5. The van der Waals surface area contributed by atoms with Gasteiger partial charge in [0.15, 0.2) is 5.79 Å². The van der Waals surface area contributed by atoms with Crippen LogP contribution in [0.25, 0.3) is 0 Å². The van der Waals surface area contributed by atoms with Crippen molar-refractivity contribution in [1.82, 2.24) is 9.80 Å². The van der Waals surface area contributed by atoms with Crippen molar-refractivity contribution in [3.63, 3.8) is 0 Å². The van der Waals surface area contributed by atoms with Crippen LogP contribution in [-0.2, 0) is 27.4 Å². The number of nitrogens with zero attached hydrogens (tertiary/aromatic N) is 2. The van der Waals surface area contributed by atoms with Crippen molar-refractivity contribution in [2.24, 2.45) is 0 Å². The second-order valence-electron chi connectivity index (χ2n) is 6.79. The predicted molar refractivity (Wildman–Crippen MR) is 97.6 cm³/mol. The minimum absolute atomic E-state index is 0.154. The summed E-state index contributed by atoms with van der Waals surface area (Å²) in [7, 11) is 0. The van der Waals surface area contributed by atoms with E-state index in [9.17, 15) is 4.79 Å². The Balaban J connectivity index is 1.36. The minimum atomic E-state index is -0.443. The lowest BCUT2D eigenvalue weighted by Gasteiger charge is -2.38. The number of rotatable bonds is 6. The quantitative estimate of drug-likeness (QED) is 0.776. The number of hydrogen-bond acceptors (Lipinski definition) is 6. The molecule has 0 unspecified atom stereocenters. The second-order valence-corrected chi connectivity index (χ2v) is 7.82. The summed E-state index contributed by atoms with van der Waals surface area (Å²) in [6.45, 7) is 4.44. The van der Waals surface area contributed by atoms with E-state index in [1.165, 1.54) is 4.88 Å². The molecule has 6 nitrogen and oxygen atoms in total. The summed E-state index contributed by atoms with van der Waals surface area (Å²) in [5.74, 6) is 0.586. The molecule has 4 heterocycles. The Labute approximate surface area is 157 Å². The fourth-order valence-corrected chi connectivity index (χ4v) is 4.33. The highest BCUT2D eigenvalue weighted by Gasteiger charge is 2.40. The van der Waals surface area contributed by atoms with Gasteiger partial charge in [-0.15, -0.1) is 11.3 Å². The molecule has 2 aliphatic rings. The van der Waals surface area contributed by atoms with Crippen molar-refractivity contribution in [2.75, 3.05) is 32.8 Å². The zero-order chi connectivity index (χ0) is 17.8. The topological polar surface area (TPSA) is 55.2 Å². The molecule has 2 saturated heterocycles. The van der Waals surface area contributed by atoms with E-state index >= 15 is 0 Å². The average Bonchev–Trinajstić information content (AvgIpc) is 3.39. The van der Waals surface area contributed by atoms with Crippen molar-refractivity contribution in [3.8, 4) is 0 Å². The molecule has 2 fully saturated rings. The van der Waals surface area contributed by atoms with Gasteiger partial charge in [-0.3, -0.25) is 9.69 Å². The fraction of sp³-hybridized carbons (Fsp3) is 0.526. The summed E-state index contributed by atoms with van der Waals surface area (Å²) in [4.78, 5) is 18.2. The summed E-state index contributed by atoms with van der Waals surface area (Å²) >= 11 is 1.71. The van der Waals surface area contributed by atoms with E-state index < -0.39 is 5.79 Å². The van der Waals surface area contributed by atoms with Crippen LogP contribution in [0.4, 0.5) is 0 Å². The lowest BCUT2D eigenvalue weighted by Crippen LogP contribution is -2.49. The van der Waals surface area contributed by atoms with Gasteiger partial charge in [-0.25, -0.2) is 0 Å². The number of likely N-dealkylation sites (tertiary alicyclic amines) is 1. The maximum Gasteiger partial charge on any atom is 0.236 e. The molecule has 2 aromatic rings. The van der Waals surface area contributed by atoms with Gasteiger partial charge in [-0.2, -0.15) is 0 Å². The summed E-state index contributed by atoms with van der Waals surface area (Å²) in [5, 5.41) is 2.06. The highest BCUT2D eigenvalue weighted by molar-refractivity contribution is 7.09. The van der Waals surface area contributed by atoms with Crippen LogP contribution in [0, 0.1) is 0 Å². The molecule has 1 spiro atoms. The average molecular weight is 376 g/mol. The fourth-order valence-electron chi connectivity index (χ4n) is 3.59. The summed E-state index contributed by atoms with van der Waals surface area (Å²) in [6, 6.07) is 7.97. The molecule has 26 heavy (non-hydrogen) atoms. The Morgan fingerprint density at radius 3 is 2.62 bits per heavy atom. The van der Waals surface area contributed by atoms with Gasteiger partial charge in [0.1, 0.15) is 5.76 Å². The summed E-state index contributed by atoms with van der Waals surface area (Å²) < 4.78 is 17.0. The molecule has 0 N–H and O–H groups in total. The van der Waals surface area contributed by atoms with Crippen LogP contribution in [0.3, 0.4) is 0 Å². The predicted octanol–water partition coefficient (Wildman–Crippen LogP) is 2.71. The van der Waals surface area contributed by atoms with Crippen molar-refractivity contribution < 1.29 is 18.7 Å². The van der Waals surface area contributed by atoms with Crippen molar-refractivity contribution in [1.29, 1.82) is 0 Å². The number of amides is 1. The first-order valence-electron chi connectivity index (χ1n) is 9.05. The Bertz CT molecular complexity index is 649. The molecular weight excluding hydrogens is 352 g/mol. The monoisotopic (exact) mass is 376 g/mol. The molecule has 0 atom stereocenters. The van der Waals surface area contributed by atoms with Gasteiger partial charge in [0.05, 0.1) is 32.6 Å². The Morgan fingerprint density at radius 2 is 1.96 bits per heavy atom. The van der Waals surface area contributed by atoms with Crippen molar-refractivity contribution in [2.45, 2.75) is 31.7 Å². The van der Waals surface area contributed by atoms with Gasteiger partial charge in [-0.1, -0.05) is 6.07 Å². The third kappa shape index (κ3) is 4.17. The zero-order valence-electron chi connectivity index (χ0n) is 14.8. The summed E-state index contributed by atoms with van der Waals surface area (Å²) in [6.07, 6.45) is 3.18. The second kappa shape index (κ2) is 7.92. The maximum atomic E-state index is 12.8. The van der Waals surface area contributed by atoms with E-state index in [-0.39, 0.29) is 5.91 Å². The number of hydrogen-bond donors (Lipinski definition) is 0. The molecule has 2 aromatic heterocycles. The van der Waals surface area contributed by atoms with Gasteiger partial charge >= 0.3 is 0 Å². The van der Waals surface area contributed by atoms with E-state index in [0.717, 1.165) is 25.1 Å². The Kier molecular flexibility index (Phi) is 5.40. The molecule has 0 aliphatic carbocycles. The maximum absolute atomic E-state index is 12.8. The highest BCUT2D eigenvalue weighted by Crippen LogP contribution is 2.31. The van der Waals surface area contributed by atoms with Crippen LogP contribution in [-0.4, -0.2) is 54.3 Å². The molecular formula is C19H24N2O4S. The molecule has 1 amide bonds. The van der Waals surface area contributed by atoms with E-state index in [0.29, 0.717) is 39.4 Å². The first-order chi connectivity index (χ1) is 12.7. The zero-order valence-corrected chi connectivity index (χ0v) is 15.6. The van der Waals surface area contributed by atoms with Crippen LogP contribution in [0.15, 0.2) is 40.3 Å². The van der Waals surface area contributed by atoms with Crippen LogP contribution in [0.2, 0.25) is 0 Å². The van der Waals surface area contributed by atoms with E-state index in [4.69, 9.17) is 13.9 Å². The summed E-state index contributed by atoms with van der Waals surface area (Å²) in [5.41, 5.74) is 0. The molecule has 4 rings (SSSR count). The smallest absolute Gasteiger partial charge is 0.236 e. The van der Waals surface area contributed by atoms with E-state index in [1.54, 1.807) is 17.6 Å². The third-order valence-corrected chi connectivity index (χ3v) is 5.83. The molecule has 0 radical (unpaired) electrons. The lowest BCUT2D eigenvalue weighted by molar-refractivity contribution is -0.187. The lowest BCUT2D eigenvalue weighted by atomic mass is 10.0. The van der Waals surface area contributed by atoms with Gasteiger partial charge in [0.2, 0.25) is 5.91 Å². The van der Waals surface area contributed by atoms with Gasteiger partial charge in [-0.05, 0) is 23.6 Å². The Hall–Kier alpha value is -1.67. The molecule has 0 bridgehead atoms. The third-order valence-electron chi connectivity index (χ3n) is 4.97. The SMILES string of the molecule is O=C(CN(Cc1ccco1)Cc1cccs1)N1CCC2(CC1)OCCO2. The molecule has 0 aromatic carbocycles. The van der Waals surface area contributed by atoms with Crippen molar-refractivity contribution >= 4 is 17.2 Å². The number of thiophene rings is 1. The first-order valence-corrected chi connectivity index (χ1v) is 9.93. The van der Waals surface area contributed by atoms with Gasteiger partial charge < -0.3 is 18.8 Å². The minimum Gasteiger partial charge on any atom is -0.468 e. The Morgan fingerprint density at radius 1 is 1.15 bits per heavy atom. The molecule has 2 aliphatic heterocycles. The number of carbonyl (C=O) groups excluding carboxylic acids is 1. The number of carbonyl (C=O) groups is 1. The molecule has 7 heteroatoms. The van der Waals surface area contributed by atoms with Crippen LogP contribution in [0.5, 0.6) is 0 Å². The van der Waals surface area contributed by atoms with E-state index in [1.807, 2.05) is 23.1 Å². The standard InChI is InChI=1S/C19H24N2O4S/c22-18(21-7-5-19(6-8-21)24-10-11-25-19)15-20(13-16-3-1-9-23-16)14-17-4-2-12-26-17/h1-4,9,12H,5-8,10-11,13-15H2. The van der Waals surface area contributed by atoms with Crippen molar-refractivity contribution in [3.05, 3.63) is 46.5 Å². The van der Waals surface area contributed by atoms with Gasteiger partial charge in [0.25, 0.3) is 0 Å². The molecule has 140 valence electrons. The highest BCUT2D eigenvalue weighted by atomic mass is 32.1. The first kappa shape index (κ1) is 17.7. The van der Waals surface area contributed by atoms with Gasteiger partial charge in [0, 0.05) is 37.4 Å². The number of piperidine rings is 1.